The number of carboxylic acids is 1. The molecule has 0 fully saturated rings. The van der Waals surface area contributed by atoms with Crippen molar-refractivity contribution >= 4 is 23.8 Å². The number of rotatable bonds is 10. The Morgan fingerprint density at radius 3 is 2.81 bits per heavy atom. The third-order valence-corrected chi connectivity index (χ3v) is 4.77. The van der Waals surface area contributed by atoms with E-state index < -0.39 is 18.1 Å². The number of nitrogens with zero attached hydrogens (tertiary/aromatic N) is 2. The number of carbonyl (C=O) groups excluding carboxylic acids is 1. The Kier molecular flexibility index (Phi) is 8.01. The van der Waals surface area contributed by atoms with Crippen LogP contribution < -0.4 is 5.32 Å². The molecule has 0 radical (unpaired) electrons. The SMILES string of the molecule is CCn1cncc1CSCCC(NC(=O)OCc1ccccc1)C(=O)O. The van der Waals surface area contributed by atoms with Crippen LogP contribution in [-0.2, 0) is 28.4 Å². The molecule has 26 heavy (non-hydrogen) atoms. The second-order valence-corrected chi connectivity index (χ2v) is 6.71. The largest absolute Gasteiger partial charge is 0.480 e. The van der Waals surface area contributed by atoms with Crippen molar-refractivity contribution < 1.29 is 19.4 Å². The van der Waals surface area contributed by atoms with E-state index in [1.807, 2.05) is 48.0 Å². The van der Waals surface area contributed by atoms with Crippen molar-refractivity contribution in [3.05, 3.63) is 54.1 Å². The lowest BCUT2D eigenvalue weighted by Crippen LogP contribution is -2.41. The third-order valence-electron chi connectivity index (χ3n) is 3.74. The van der Waals surface area contributed by atoms with Crippen LogP contribution in [0, 0.1) is 0 Å². The summed E-state index contributed by atoms with van der Waals surface area (Å²) in [7, 11) is 0. The Bertz CT molecular complexity index is 705. The first-order valence-corrected chi connectivity index (χ1v) is 9.52. The zero-order valence-electron chi connectivity index (χ0n) is 14.6. The Labute approximate surface area is 156 Å². The van der Waals surface area contributed by atoms with Crippen LogP contribution in [0.3, 0.4) is 0 Å². The number of benzene rings is 1. The van der Waals surface area contributed by atoms with E-state index in [1.54, 1.807) is 18.1 Å². The fourth-order valence-corrected chi connectivity index (χ4v) is 3.29. The summed E-state index contributed by atoms with van der Waals surface area (Å²) in [6, 6.07) is 8.26. The van der Waals surface area contributed by atoms with Gasteiger partial charge < -0.3 is 19.7 Å². The molecule has 8 heteroatoms. The number of ether oxygens (including phenoxy) is 1. The summed E-state index contributed by atoms with van der Waals surface area (Å²) in [6.45, 7) is 3.00. The third kappa shape index (κ3) is 6.44. The molecule has 0 aliphatic heterocycles. The van der Waals surface area contributed by atoms with Gasteiger partial charge in [0.05, 0.1) is 6.33 Å². The zero-order chi connectivity index (χ0) is 18.8. The van der Waals surface area contributed by atoms with Crippen LogP contribution in [0.5, 0.6) is 0 Å². The van der Waals surface area contributed by atoms with Gasteiger partial charge in [-0.25, -0.2) is 14.6 Å². The van der Waals surface area contributed by atoms with E-state index in [0.717, 1.165) is 23.6 Å². The molecule has 0 bridgehead atoms. The highest BCUT2D eigenvalue weighted by Crippen LogP contribution is 2.14. The number of hydrogen-bond donors (Lipinski definition) is 2. The normalized spacial score (nSPS) is 11.7. The van der Waals surface area contributed by atoms with Crippen molar-refractivity contribution in [3.63, 3.8) is 0 Å². The first-order valence-electron chi connectivity index (χ1n) is 8.37. The summed E-state index contributed by atoms with van der Waals surface area (Å²) < 4.78 is 7.11. The molecule has 0 aliphatic carbocycles. The number of alkyl carbamates (subject to hydrolysis) is 1. The van der Waals surface area contributed by atoms with Crippen LogP contribution in [0.1, 0.15) is 24.6 Å². The van der Waals surface area contributed by atoms with Crippen LogP contribution >= 0.6 is 11.8 Å². The van der Waals surface area contributed by atoms with Gasteiger partial charge in [-0.15, -0.1) is 0 Å². The number of nitrogens with one attached hydrogen (secondary N) is 1. The molecule has 0 saturated heterocycles. The number of thioether (sulfide) groups is 1. The summed E-state index contributed by atoms with van der Waals surface area (Å²) in [5.74, 6) is 0.282. The van der Waals surface area contributed by atoms with Gasteiger partial charge in [0.25, 0.3) is 0 Å². The van der Waals surface area contributed by atoms with Gasteiger partial charge in [0.15, 0.2) is 0 Å². The van der Waals surface area contributed by atoms with E-state index in [9.17, 15) is 14.7 Å². The first kappa shape index (κ1) is 19.8. The van der Waals surface area contributed by atoms with E-state index in [0.29, 0.717) is 12.2 Å². The topological polar surface area (TPSA) is 93.5 Å². The molecule has 1 heterocycles. The summed E-state index contributed by atoms with van der Waals surface area (Å²) in [6.07, 6.45) is 3.18. The molecule has 1 aromatic heterocycles. The van der Waals surface area contributed by atoms with Crippen molar-refractivity contribution in [1.29, 1.82) is 0 Å². The van der Waals surface area contributed by atoms with E-state index >= 15 is 0 Å². The Morgan fingerprint density at radius 2 is 2.12 bits per heavy atom. The standard InChI is InChI=1S/C18H23N3O4S/c1-2-21-13-19-10-15(21)12-26-9-8-16(17(22)23)20-18(24)25-11-14-6-4-3-5-7-14/h3-7,10,13,16H,2,8-9,11-12H2,1H3,(H,20,24)(H,22,23). The maximum Gasteiger partial charge on any atom is 0.408 e. The summed E-state index contributed by atoms with van der Waals surface area (Å²) in [5.41, 5.74) is 1.94. The summed E-state index contributed by atoms with van der Waals surface area (Å²) >= 11 is 1.61. The van der Waals surface area contributed by atoms with Gasteiger partial charge in [-0.05, 0) is 24.7 Å². The molecule has 1 amide bonds. The molecular weight excluding hydrogens is 354 g/mol. The number of imidazole rings is 1. The van der Waals surface area contributed by atoms with Gasteiger partial charge in [0.2, 0.25) is 0 Å². The van der Waals surface area contributed by atoms with Gasteiger partial charge >= 0.3 is 12.1 Å². The van der Waals surface area contributed by atoms with Crippen molar-refractivity contribution in [2.75, 3.05) is 5.75 Å². The number of amides is 1. The minimum absolute atomic E-state index is 0.106. The van der Waals surface area contributed by atoms with Crippen LogP contribution in [0.15, 0.2) is 42.9 Å². The van der Waals surface area contributed by atoms with Gasteiger partial charge in [-0.2, -0.15) is 11.8 Å². The van der Waals surface area contributed by atoms with E-state index in [-0.39, 0.29) is 6.61 Å². The van der Waals surface area contributed by atoms with Gasteiger partial charge in [-0.1, -0.05) is 30.3 Å². The fraction of sp³-hybridized carbons (Fsp3) is 0.389. The van der Waals surface area contributed by atoms with Gasteiger partial charge in [0.1, 0.15) is 12.6 Å². The van der Waals surface area contributed by atoms with Crippen LogP contribution in [-0.4, -0.2) is 38.5 Å². The molecule has 0 spiro atoms. The summed E-state index contributed by atoms with van der Waals surface area (Å²) in [4.78, 5) is 27.3. The van der Waals surface area contributed by atoms with Gasteiger partial charge in [-0.3, -0.25) is 0 Å². The molecule has 0 saturated carbocycles. The molecule has 2 rings (SSSR count). The average molecular weight is 377 g/mol. The maximum absolute atomic E-state index is 11.8. The number of carboxylic acid groups (broad SMARTS) is 1. The predicted molar refractivity (Wildman–Crippen MR) is 99.9 cm³/mol. The van der Waals surface area contributed by atoms with Crippen molar-refractivity contribution in [2.24, 2.45) is 0 Å². The van der Waals surface area contributed by atoms with Crippen molar-refractivity contribution in [2.45, 2.75) is 38.3 Å². The number of aryl methyl sites for hydroxylation is 1. The molecule has 1 atom stereocenters. The molecule has 140 valence electrons. The number of carbonyl (C=O) groups is 2. The molecule has 2 N–H and O–H groups in total. The Balaban J connectivity index is 1.72. The lowest BCUT2D eigenvalue weighted by Gasteiger charge is -2.14. The lowest BCUT2D eigenvalue weighted by molar-refractivity contribution is -0.139. The van der Waals surface area contributed by atoms with E-state index in [1.165, 1.54) is 0 Å². The van der Waals surface area contributed by atoms with Crippen LogP contribution in [0.25, 0.3) is 0 Å². The van der Waals surface area contributed by atoms with Crippen LogP contribution in [0.4, 0.5) is 4.79 Å². The highest BCUT2D eigenvalue weighted by molar-refractivity contribution is 7.98. The Morgan fingerprint density at radius 1 is 1.35 bits per heavy atom. The first-order chi connectivity index (χ1) is 12.6. The number of aliphatic carboxylic acids is 1. The molecule has 1 unspecified atom stereocenters. The number of aromatic nitrogens is 2. The smallest absolute Gasteiger partial charge is 0.408 e. The molecule has 1 aromatic carbocycles. The predicted octanol–water partition coefficient (Wildman–Crippen LogP) is 2.91. The minimum atomic E-state index is -1.07. The quantitative estimate of drug-likeness (QED) is 0.619. The second-order valence-electron chi connectivity index (χ2n) is 5.61. The molecule has 0 aliphatic rings. The molecule has 2 aromatic rings. The maximum atomic E-state index is 11.8. The average Bonchev–Trinajstić information content (AvgIpc) is 3.10. The van der Waals surface area contributed by atoms with E-state index in [4.69, 9.17) is 4.74 Å². The van der Waals surface area contributed by atoms with Crippen molar-refractivity contribution in [1.82, 2.24) is 14.9 Å². The second kappa shape index (κ2) is 10.5. The fourth-order valence-electron chi connectivity index (χ4n) is 2.30. The lowest BCUT2D eigenvalue weighted by atomic mass is 10.2. The molecule has 7 nitrogen and oxygen atoms in total. The molecular formula is C18H23N3O4S. The zero-order valence-corrected chi connectivity index (χ0v) is 15.4. The van der Waals surface area contributed by atoms with Gasteiger partial charge in [0, 0.05) is 24.2 Å². The number of hydrogen-bond acceptors (Lipinski definition) is 5. The highest BCUT2D eigenvalue weighted by Gasteiger charge is 2.20. The highest BCUT2D eigenvalue weighted by atomic mass is 32.2. The van der Waals surface area contributed by atoms with Crippen molar-refractivity contribution in [3.8, 4) is 0 Å². The Hall–Kier alpha value is -2.48. The monoisotopic (exact) mass is 377 g/mol. The minimum Gasteiger partial charge on any atom is -0.480 e. The van der Waals surface area contributed by atoms with Crippen LogP contribution in [0.2, 0.25) is 0 Å². The van der Waals surface area contributed by atoms with E-state index in [2.05, 4.69) is 10.3 Å². The summed E-state index contributed by atoms with van der Waals surface area (Å²) in [5, 5.41) is 11.7.